The summed E-state index contributed by atoms with van der Waals surface area (Å²) in [6.45, 7) is 4.04. The van der Waals surface area contributed by atoms with Gasteiger partial charge in [0.15, 0.2) is 0 Å². The molecule has 1 heterocycles. The molecule has 0 bridgehead atoms. The van der Waals surface area contributed by atoms with Gasteiger partial charge in [0.25, 0.3) is 5.91 Å². The Kier molecular flexibility index (Phi) is 8.71. The number of aliphatic hydroxyl groups excluding tert-OH is 1. The van der Waals surface area contributed by atoms with Crippen molar-refractivity contribution in [2.75, 3.05) is 40.1 Å². The van der Waals surface area contributed by atoms with E-state index < -0.39 is 0 Å². The van der Waals surface area contributed by atoms with E-state index in [2.05, 4.69) is 17.2 Å². The number of thiophene rings is 1. The highest BCUT2D eigenvalue weighted by atomic mass is 32.1. The number of methoxy groups -OCH3 is 1. The summed E-state index contributed by atoms with van der Waals surface area (Å²) in [7, 11) is 1.63. The Labute approximate surface area is 129 Å². The van der Waals surface area contributed by atoms with Gasteiger partial charge in [-0.15, -0.1) is 11.3 Å². The SMILES string of the molecule is COCCOCCCNC(=O)c1cc(C)c(C#CCO)s1. The van der Waals surface area contributed by atoms with E-state index in [-0.39, 0.29) is 12.5 Å². The molecule has 5 nitrogen and oxygen atoms in total. The van der Waals surface area contributed by atoms with Crippen LogP contribution in [0.15, 0.2) is 6.07 Å². The Morgan fingerprint density at radius 2 is 2.24 bits per heavy atom. The van der Waals surface area contributed by atoms with E-state index in [4.69, 9.17) is 14.6 Å². The zero-order valence-corrected chi connectivity index (χ0v) is 13.2. The lowest BCUT2D eigenvalue weighted by Gasteiger charge is -2.04. The molecule has 0 unspecified atom stereocenters. The molecule has 0 radical (unpaired) electrons. The van der Waals surface area contributed by atoms with Gasteiger partial charge in [-0.3, -0.25) is 4.79 Å². The molecule has 2 N–H and O–H groups in total. The third-order valence-corrected chi connectivity index (χ3v) is 3.76. The average Bonchev–Trinajstić information content (AvgIpc) is 2.85. The van der Waals surface area contributed by atoms with Gasteiger partial charge in [0.2, 0.25) is 0 Å². The molecule has 0 aromatic carbocycles. The van der Waals surface area contributed by atoms with E-state index in [1.165, 1.54) is 11.3 Å². The molecule has 1 aromatic heterocycles. The van der Waals surface area contributed by atoms with Crippen LogP contribution in [0, 0.1) is 18.8 Å². The zero-order chi connectivity index (χ0) is 15.5. The van der Waals surface area contributed by atoms with Crippen LogP contribution in [0.1, 0.15) is 26.5 Å². The van der Waals surface area contributed by atoms with Gasteiger partial charge >= 0.3 is 0 Å². The minimum absolute atomic E-state index is 0.1000. The summed E-state index contributed by atoms with van der Waals surface area (Å²) >= 11 is 1.34. The quantitative estimate of drug-likeness (QED) is 0.559. The Balaban J connectivity index is 2.32. The molecule has 1 amide bonds. The summed E-state index contributed by atoms with van der Waals surface area (Å²) in [6, 6.07) is 1.82. The maximum Gasteiger partial charge on any atom is 0.261 e. The molecule has 0 saturated heterocycles. The minimum atomic E-state index is -0.179. The van der Waals surface area contributed by atoms with Crippen LogP contribution >= 0.6 is 11.3 Å². The molecule has 1 aromatic rings. The second-order valence-electron chi connectivity index (χ2n) is 4.30. The lowest BCUT2D eigenvalue weighted by Crippen LogP contribution is -2.24. The molecular formula is C15H21NO4S. The summed E-state index contributed by atoms with van der Waals surface area (Å²) < 4.78 is 10.2. The van der Waals surface area contributed by atoms with Crippen LogP contribution in [0.25, 0.3) is 0 Å². The van der Waals surface area contributed by atoms with Crippen molar-refractivity contribution in [3.8, 4) is 11.8 Å². The summed E-state index contributed by atoms with van der Waals surface area (Å²) in [6.07, 6.45) is 0.761. The van der Waals surface area contributed by atoms with Crippen molar-refractivity contribution in [3.63, 3.8) is 0 Å². The Morgan fingerprint density at radius 3 is 2.95 bits per heavy atom. The van der Waals surface area contributed by atoms with E-state index in [9.17, 15) is 4.79 Å². The van der Waals surface area contributed by atoms with Crippen molar-refractivity contribution in [3.05, 3.63) is 21.4 Å². The lowest BCUT2D eigenvalue weighted by atomic mass is 10.2. The van der Waals surface area contributed by atoms with Gasteiger partial charge in [-0.05, 0) is 25.0 Å². The minimum Gasteiger partial charge on any atom is -0.384 e. The highest BCUT2D eigenvalue weighted by molar-refractivity contribution is 7.14. The number of amides is 1. The second kappa shape index (κ2) is 10.4. The van der Waals surface area contributed by atoms with Crippen LogP contribution in [0.2, 0.25) is 0 Å². The molecule has 0 aliphatic heterocycles. The Morgan fingerprint density at radius 1 is 1.43 bits per heavy atom. The standard InChI is InChI=1S/C15H21NO4S/c1-12-11-14(21-13(12)5-3-7-17)15(18)16-6-4-8-20-10-9-19-2/h11,17H,4,6-10H2,1-2H3,(H,16,18). The first-order valence-electron chi connectivity index (χ1n) is 6.74. The van der Waals surface area contributed by atoms with Gasteiger partial charge in [0.05, 0.1) is 23.0 Å². The maximum absolute atomic E-state index is 12.0. The fourth-order valence-electron chi connectivity index (χ4n) is 1.55. The van der Waals surface area contributed by atoms with Crippen LogP contribution in [0.4, 0.5) is 0 Å². The van der Waals surface area contributed by atoms with Crippen molar-refractivity contribution in [2.45, 2.75) is 13.3 Å². The van der Waals surface area contributed by atoms with Crippen LogP contribution in [-0.4, -0.2) is 51.1 Å². The zero-order valence-electron chi connectivity index (χ0n) is 12.4. The normalized spacial score (nSPS) is 10.0. The first kappa shape index (κ1) is 17.7. The van der Waals surface area contributed by atoms with Gasteiger partial charge < -0.3 is 19.9 Å². The molecule has 0 aliphatic rings. The predicted octanol–water partition coefficient (Wildman–Crippen LogP) is 1.18. The number of carbonyl (C=O) groups excluding carboxylic acids is 1. The Hall–Kier alpha value is -1.39. The molecule has 116 valence electrons. The molecule has 6 heteroatoms. The van der Waals surface area contributed by atoms with E-state index >= 15 is 0 Å². The molecule has 0 atom stereocenters. The summed E-state index contributed by atoms with van der Waals surface area (Å²) in [5.41, 5.74) is 0.953. The van der Waals surface area contributed by atoms with E-state index in [0.717, 1.165) is 16.9 Å². The molecule has 0 spiro atoms. The number of carbonyl (C=O) groups is 1. The second-order valence-corrected chi connectivity index (χ2v) is 5.35. The van der Waals surface area contributed by atoms with Crippen molar-refractivity contribution < 1.29 is 19.4 Å². The summed E-state index contributed by atoms with van der Waals surface area (Å²) in [5, 5.41) is 11.5. The first-order valence-corrected chi connectivity index (χ1v) is 7.55. The van der Waals surface area contributed by atoms with Gasteiger partial charge in [-0.25, -0.2) is 0 Å². The van der Waals surface area contributed by atoms with Crippen molar-refractivity contribution in [2.24, 2.45) is 0 Å². The third-order valence-electron chi connectivity index (χ3n) is 2.61. The van der Waals surface area contributed by atoms with Gasteiger partial charge in [-0.1, -0.05) is 11.8 Å². The Bertz CT molecular complexity index is 502. The molecular weight excluding hydrogens is 290 g/mol. The largest absolute Gasteiger partial charge is 0.384 e. The van der Waals surface area contributed by atoms with E-state index in [0.29, 0.717) is 31.2 Å². The fraction of sp³-hybridized carbons (Fsp3) is 0.533. The van der Waals surface area contributed by atoms with Crippen LogP contribution in [0.3, 0.4) is 0 Å². The third kappa shape index (κ3) is 6.74. The number of hydrogen-bond donors (Lipinski definition) is 2. The molecule has 1 rings (SSSR count). The average molecular weight is 311 g/mol. The van der Waals surface area contributed by atoms with Crippen LogP contribution in [-0.2, 0) is 9.47 Å². The molecule has 0 aliphatic carbocycles. The number of rotatable bonds is 8. The van der Waals surface area contributed by atoms with E-state index in [1.807, 2.05) is 13.0 Å². The van der Waals surface area contributed by atoms with Crippen molar-refractivity contribution >= 4 is 17.2 Å². The van der Waals surface area contributed by atoms with Gasteiger partial charge in [-0.2, -0.15) is 0 Å². The van der Waals surface area contributed by atoms with Crippen molar-refractivity contribution in [1.82, 2.24) is 5.32 Å². The fourth-order valence-corrected chi connectivity index (χ4v) is 2.51. The van der Waals surface area contributed by atoms with Crippen LogP contribution < -0.4 is 5.32 Å². The molecule has 0 fully saturated rings. The number of ether oxygens (including phenoxy) is 2. The number of nitrogens with one attached hydrogen (secondary N) is 1. The first-order chi connectivity index (χ1) is 10.2. The highest BCUT2D eigenvalue weighted by Crippen LogP contribution is 2.20. The highest BCUT2D eigenvalue weighted by Gasteiger charge is 2.10. The molecule has 21 heavy (non-hydrogen) atoms. The number of hydrogen-bond acceptors (Lipinski definition) is 5. The monoisotopic (exact) mass is 311 g/mol. The van der Waals surface area contributed by atoms with Gasteiger partial charge in [0, 0.05) is 20.3 Å². The lowest BCUT2D eigenvalue weighted by molar-refractivity contribution is 0.0688. The van der Waals surface area contributed by atoms with Gasteiger partial charge in [0.1, 0.15) is 6.61 Å². The smallest absolute Gasteiger partial charge is 0.261 e. The van der Waals surface area contributed by atoms with Crippen molar-refractivity contribution in [1.29, 1.82) is 0 Å². The van der Waals surface area contributed by atoms with Crippen LogP contribution in [0.5, 0.6) is 0 Å². The number of aliphatic hydroxyl groups is 1. The summed E-state index contributed by atoms with van der Waals surface area (Å²) in [5.74, 6) is 5.33. The molecule has 0 saturated carbocycles. The summed E-state index contributed by atoms with van der Waals surface area (Å²) in [4.78, 5) is 13.4. The topological polar surface area (TPSA) is 67.8 Å². The van der Waals surface area contributed by atoms with E-state index in [1.54, 1.807) is 7.11 Å². The maximum atomic E-state index is 12.0. The predicted molar refractivity (Wildman–Crippen MR) is 82.7 cm³/mol. The number of aryl methyl sites for hydroxylation is 1.